The first-order valence-corrected chi connectivity index (χ1v) is 7.37. The van der Waals surface area contributed by atoms with Crippen LogP contribution in [-0.4, -0.2) is 47.2 Å². The molecule has 1 rings (SSSR count). The zero-order valence-corrected chi connectivity index (χ0v) is 11.9. The molecule has 1 fully saturated rings. The van der Waals surface area contributed by atoms with Gasteiger partial charge in [0.25, 0.3) is 0 Å². The van der Waals surface area contributed by atoms with Gasteiger partial charge < -0.3 is 15.4 Å². The van der Waals surface area contributed by atoms with Crippen LogP contribution in [0.3, 0.4) is 0 Å². The number of thioether (sulfide) groups is 1. The molecule has 0 spiro atoms. The van der Waals surface area contributed by atoms with E-state index in [9.17, 15) is 4.79 Å². The number of hydrogen-bond donors (Lipinski definition) is 1. The van der Waals surface area contributed by atoms with Gasteiger partial charge in [-0.2, -0.15) is 11.8 Å². The molecule has 0 bridgehead atoms. The Labute approximate surface area is 108 Å². The highest BCUT2D eigenvalue weighted by Crippen LogP contribution is 2.23. The fraction of sp³-hybridized carbons (Fsp3) is 0.917. The molecule has 1 unspecified atom stereocenters. The molecule has 0 radical (unpaired) electrons. The number of ether oxygens (including phenoxy) is 1. The molecular formula is C12H24N2O2S. The van der Waals surface area contributed by atoms with E-state index in [0.29, 0.717) is 12.6 Å². The summed E-state index contributed by atoms with van der Waals surface area (Å²) >= 11 is 1.82. The van der Waals surface area contributed by atoms with E-state index in [1.165, 1.54) is 0 Å². The summed E-state index contributed by atoms with van der Waals surface area (Å²) in [6.07, 6.45) is 1.98. The molecule has 1 atom stereocenters. The Morgan fingerprint density at radius 1 is 1.53 bits per heavy atom. The molecule has 0 aromatic carbocycles. The molecule has 0 aromatic rings. The summed E-state index contributed by atoms with van der Waals surface area (Å²) in [5.74, 6) is 1.93. The van der Waals surface area contributed by atoms with E-state index in [0.717, 1.165) is 30.9 Å². The predicted molar refractivity (Wildman–Crippen MR) is 72.3 cm³/mol. The van der Waals surface area contributed by atoms with Crippen LogP contribution in [0.4, 0.5) is 4.79 Å². The topological polar surface area (TPSA) is 55.6 Å². The van der Waals surface area contributed by atoms with Gasteiger partial charge in [-0.15, -0.1) is 0 Å². The molecule has 1 amide bonds. The second-order valence-corrected chi connectivity index (χ2v) is 6.48. The third-order valence-corrected chi connectivity index (χ3v) is 3.72. The summed E-state index contributed by atoms with van der Waals surface area (Å²) in [6.45, 7) is 7.23. The van der Waals surface area contributed by atoms with Gasteiger partial charge in [0.15, 0.2) is 0 Å². The quantitative estimate of drug-likeness (QED) is 0.786. The van der Waals surface area contributed by atoms with Crippen molar-refractivity contribution in [3.63, 3.8) is 0 Å². The van der Waals surface area contributed by atoms with Gasteiger partial charge in [-0.1, -0.05) is 0 Å². The SMILES string of the molecule is CC(C)(C)OC(=O)N1CCCC1CSCCN. The highest BCUT2D eigenvalue weighted by atomic mass is 32.2. The zero-order valence-electron chi connectivity index (χ0n) is 11.1. The van der Waals surface area contributed by atoms with Crippen LogP contribution in [0.15, 0.2) is 0 Å². The molecule has 1 saturated heterocycles. The number of hydrogen-bond acceptors (Lipinski definition) is 4. The second kappa shape index (κ2) is 6.50. The Morgan fingerprint density at radius 3 is 2.82 bits per heavy atom. The first-order valence-electron chi connectivity index (χ1n) is 6.21. The standard InChI is InChI=1S/C12H24N2O2S/c1-12(2,3)16-11(15)14-7-4-5-10(14)9-17-8-6-13/h10H,4-9,13H2,1-3H3. The van der Waals surface area contributed by atoms with Crippen LogP contribution in [0.2, 0.25) is 0 Å². The van der Waals surface area contributed by atoms with E-state index >= 15 is 0 Å². The molecule has 1 aliphatic rings. The first-order chi connectivity index (χ1) is 7.94. The summed E-state index contributed by atoms with van der Waals surface area (Å²) in [5, 5.41) is 0. The molecule has 4 nitrogen and oxygen atoms in total. The van der Waals surface area contributed by atoms with Crippen molar-refractivity contribution in [3.8, 4) is 0 Å². The first kappa shape index (κ1) is 14.6. The van der Waals surface area contributed by atoms with Gasteiger partial charge >= 0.3 is 6.09 Å². The average Bonchev–Trinajstić information content (AvgIpc) is 2.64. The number of carbonyl (C=O) groups is 1. The smallest absolute Gasteiger partial charge is 0.410 e. The number of likely N-dealkylation sites (tertiary alicyclic amines) is 1. The molecule has 5 heteroatoms. The fourth-order valence-corrected chi connectivity index (χ4v) is 2.82. The number of amides is 1. The Morgan fingerprint density at radius 2 is 2.24 bits per heavy atom. The lowest BCUT2D eigenvalue weighted by Gasteiger charge is -2.28. The molecule has 2 N–H and O–H groups in total. The van der Waals surface area contributed by atoms with Crippen molar-refractivity contribution in [1.29, 1.82) is 0 Å². The highest BCUT2D eigenvalue weighted by molar-refractivity contribution is 7.99. The third-order valence-electron chi connectivity index (χ3n) is 2.58. The van der Waals surface area contributed by atoms with E-state index in [2.05, 4.69) is 0 Å². The van der Waals surface area contributed by atoms with Crippen molar-refractivity contribution in [2.24, 2.45) is 5.73 Å². The van der Waals surface area contributed by atoms with Crippen molar-refractivity contribution in [2.45, 2.75) is 45.3 Å². The summed E-state index contributed by atoms with van der Waals surface area (Å²) in [7, 11) is 0. The number of rotatable bonds is 4. The molecule has 1 aliphatic heterocycles. The maximum atomic E-state index is 12.0. The third kappa shape index (κ3) is 5.17. The average molecular weight is 260 g/mol. The van der Waals surface area contributed by atoms with E-state index < -0.39 is 5.60 Å². The monoisotopic (exact) mass is 260 g/mol. The van der Waals surface area contributed by atoms with Gasteiger partial charge in [-0.05, 0) is 33.6 Å². The zero-order chi connectivity index (χ0) is 12.9. The lowest BCUT2D eigenvalue weighted by molar-refractivity contribution is 0.0242. The molecule has 0 aromatic heterocycles. The van der Waals surface area contributed by atoms with Gasteiger partial charge in [0.1, 0.15) is 5.60 Å². The predicted octanol–water partition coefficient (Wildman–Crippen LogP) is 2.08. The Kier molecular flexibility index (Phi) is 5.59. The summed E-state index contributed by atoms with van der Waals surface area (Å²) in [5.41, 5.74) is 5.06. The Hall–Kier alpha value is -0.420. The molecule has 0 aliphatic carbocycles. The van der Waals surface area contributed by atoms with Crippen LogP contribution < -0.4 is 5.73 Å². The van der Waals surface area contributed by atoms with Crippen molar-refractivity contribution < 1.29 is 9.53 Å². The van der Waals surface area contributed by atoms with E-state index in [1.807, 2.05) is 37.4 Å². The molecule has 0 saturated carbocycles. The second-order valence-electron chi connectivity index (χ2n) is 5.33. The van der Waals surface area contributed by atoms with Crippen molar-refractivity contribution in [2.75, 3.05) is 24.6 Å². The minimum Gasteiger partial charge on any atom is -0.444 e. The van der Waals surface area contributed by atoms with Crippen LogP contribution >= 0.6 is 11.8 Å². The maximum Gasteiger partial charge on any atom is 0.410 e. The summed E-state index contributed by atoms with van der Waals surface area (Å²) in [4.78, 5) is 13.8. The number of carbonyl (C=O) groups excluding carboxylic acids is 1. The van der Waals surface area contributed by atoms with Crippen molar-refractivity contribution in [3.05, 3.63) is 0 Å². The van der Waals surface area contributed by atoms with Gasteiger partial charge in [-0.25, -0.2) is 4.79 Å². The summed E-state index contributed by atoms with van der Waals surface area (Å²) in [6, 6.07) is 0.321. The van der Waals surface area contributed by atoms with Crippen LogP contribution in [-0.2, 0) is 4.74 Å². The molecular weight excluding hydrogens is 236 g/mol. The van der Waals surface area contributed by atoms with E-state index in [4.69, 9.17) is 10.5 Å². The van der Waals surface area contributed by atoms with Gasteiger partial charge in [0, 0.05) is 30.6 Å². The van der Waals surface area contributed by atoms with E-state index in [1.54, 1.807) is 0 Å². The van der Waals surface area contributed by atoms with Gasteiger partial charge in [0.05, 0.1) is 0 Å². The normalized spacial score (nSPS) is 20.7. The molecule has 100 valence electrons. The number of nitrogens with zero attached hydrogens (tertiary/aromatic N) is 1. The highest BCUT2D eigenvalue weighted by Gasteiger charge is 2.31. The summed E-state index contributed by atoms with van der Waals surface area (Å²) < 4.78 is 5.41. The number of nitrogens with two attached hydrogens (primary N) is 1. The van der Waals surface area contributed by atoms with Crippen LogP contribution in [0.25, 0.3) is 0 Å². The lowest BCUT2D eigenvalue weighted by atomic mass is 10.2. The van der Waals surface area contributed by atoms with Crippen molar-refractivity contribution >= 4 is 17.9 Å². The lowest BCUT2D eigenvalue weighted by Crippen LogP contribution is -2.40. The van der Waals surface area contributed by atoms with Crippen LogP contribution in [0.1, 0.15) is 33.6 Å². The minimum absolute atomic E-state index is 0.173. The van der Waals surface area contributed by atoms with Gasteiger partial charge in [0.2, 0.25) is 0 Å². The molecule has 1 heterocycles. The Balaban J connectivity index is 2.42. The van der Waals surface area contributed by atoms with E-state index in [-0.39, 0.29) is 6.09 Å². The minimum atomic E-state index is -0.408. The molecule has 17 heavy (non-hydrogen) atoms. The Bertz CT molecular complexity index is 253. The van der Waals surface area contributed by atoms with Crippen LogP contribution in [0, 0.1) is 0 Å². The fourth-order valence-electron chi connectivity index (χ4n) is 1.87. The largest absolute Gasteiger partial charge is 0.444 e. The van der Waals surface area contributed by atoms with Crippen LogP contribution in [0.5, 0.6) is 0 Å². The van der Waals surface area contributed by atoms with Crippen molar-refractivity contribution in [1.82, 2.24) is 4.90 Å². The maximum absolute atomic E-state index is 12.0. The van der Waals surface area contributed by atoms with Gasteiger partial charge in [-0.3, -0.25) is 0 Å².